The summed E-state index contributed by atoms with van der Waals surface area (Å²) in [4.78, 5) is 4.54. The van der Waals surface area contributed by atoms with Gasteiger partial charge in [-0.15, -0.1) is 0 Å². The van der Waals surface area contributed by atoms with Crippen molar-refractivity contribution in [3.63, 3.8) is 0 Å². The maximum Gasteiger partial charge on any atom is 0.118 e. The molecule has 0 saturated carbocycles. The Kier molecular flexibility index (Phi) is 3.43. The van der Waals surface area contributed by atoms with Gasteiger partial charge in [-0.25, -0.2) is 0 Å². The van der Waals surface area contributed by atoms with Crippen LogP contribution in [-0.2, 0) is 6.42 Å². The number of ether oxygens (including phenoxy) is 1. The predicted octanol–water partition coefficient (Wildman–Crippen LogP) is 3.30. The molecule has 1 aromatic heterocycles. The molecule has 0 saturated heterocycles. The first-order chi connectivity index (χ1) is 8.17. The first-order valence-corrected chi connectivity index (χ1v) is 5.74. The fourth-order valence-electron chi connectivity index (χ4n) is 1.97. The van der Waals surface area contributed by atoms with Gasteiger partial charge >= 0.3 is 0 Å². The van der Waals surface area contributed by atoms with Crippen LogP contribution in [0.1, 0.15) is 22.5 Å². The van der Waals surface area contributed by atoms with Crippen molar-refractivity contribution in [1.82, 2.24) is 4.98 Å². The zero-order valence-electron chi connectivity index (χ0n) is 10.5. The average molecular weight is 227 g/mol. The topological polar surface area (TPSA) is 22.1 Å². The van der Waals surface area contributed by atoms with Crippen LogP contribution in [0.4, 0.5) is 0 Å². The van der Waals surface area contributed by atoms with Crippen LogP contribution in [0.15, 0.2) is 36.4 Å². The van der Waals surface area contributed by atoms with Gasteiger partial charge in [0.05, 0.1) is 7.11 Å². The lowest BCUT2D eigenvalue weighted by molar-refractivity contribution is 0.414. The summed E-state index contributed by atoms with van der Waals surface area (Å²) in [6, 6.07) is 12.4. The van der Waals surface area contributed by atoms with E-state index in [2.05, 4.69) is 36.2 Å². The van der Waals surface area contributed by atoms with E-state index in [1.54, 1.807) is 7.11 Å². The van der Waals surface area contributed by atoms with Crippen molar-refractivity contribution >= 4 is 0 Å². The van der Waals surface area contributed by atoms with Crippen LogP contribution in [0, 0.1) is 13.8 Å². The standard InChI is InChI=1S/C15H17NO/c1-11-8-12(2)16-14(9-11)10-13-4-6-15(17-3)7-5-13/h4-9H,10H2,1-3H3. The number of methoxy groups -OCH3 is 1. The third-order valence-electron chi connectivity index (χ3n) is 2.70. The Morgan fingerprint density at radius 2 is 1.76 bits per heavy atom. The fraction of sp³-hybridized carbons (Fsp3) is 0.267. The van der Waals surface area contributed by atoms with Crippen LogP contribution < -0.4 is 4.74 Å². The monoisotopic (exact) mass is 227 g/mol. The summed E-state index contributed by atoms with van der Waals surface area (Å²) in [7, 11) is 1.68. The molecule has 1 heterocycles. The normalized spacial score (nSPS) is 10.3. The number of rotatable bonds is 3. The summed E-state index contributed by atoms with van der Waals surface area (Å²) in [5.41, 5.74) is 4.71. The van der Waals surface area contributed by atoms with E-state index in [9.17, 15) is 0 Å². The third kappa shape index (κ3) is 3.06. The maximum absolute atomic E-state index is 5.14. The molecule has 0 amide bonds. The highest BCUT2D eigenvalue weighted by Gasteiger charge is 2.00. The van der Waals surface area contributed by atoms with Crippen molar-refractivity contribution in [3.05, 3.63) is 58.9 Å². The lowest BCUT2D eigenvalue weighted by atomic mass is 10.1. The molecule has 0 bridgehead atoms. The number of benzene rings is 1. The first kappa shape index (κ1) is 11.6. The third-order valence-corrected chi connectivity index (χ3v) is 2.70. The van der Waals surface area contributed by atoms with E-state index >= 15 is 0 Å². The summed E-state index contributed by atoms with van der Waals surface area (Å²) in [5, 5.41) is 0. The van der Waals surface area contributed by atoms with Crippen LogP contribution in [0.3, 0.4) is 0 Å². The van der Waals surface area contributed by atoms with E-state index in [0.29, 0.717) is 0 Å². The van der Waals surface area contributed by atoms with E-state index < -0.39 is 0 Å². The Hall–Kier alpha value is -1.83. The number of hydrogen-bond acceptors (Lipinski definition) is 2. The number of nitrogens with zero attached hydrogens (tertiary/aromatic N) is 1. The number of aromatic nitrogens is 1. The quantitative estimate of drug-likeness (QED) is 0.802. The number of pyridine rings is 1. The summed E-state index contributed by atoms with van der Waals surface area (Å²) < 4.78 is 5.14. The Bertz CT molecular complexity index is 483. The molecule has 0 N–H and O–H groups in total. The van der Waals surface area contributed by atoms with Crippen LogP contribution in [0.25, 0.3) is 0 Å². The second kappa shape index (κ2) is 5.00. The molecule has 2 heteroatoms. The first-order valence-electron chi connectivity index (χ1n) is 5.74. The molecule has 0 aliphatic carbocycles. The molecule has 2 rings (SSSR count). The van der Waals surface area contributed by atoms with Crippen molar-refractivity contribution in [2.45, 2.75) is 20.3 Å². The van der Waals surface area contributed by atoms with Gasteiger partial charge in [-0.2, -0.15) is 0 Å². The molecule has 88 valence electrons. The molecular weight excluding hydrogens is 210 g/mol. The van der Waals surface area contributed by atoms with Crippen molar-refractivity contribution in [2.24, 2.45) is 0 Å². The van der Waals surface area contributed by atoms with Gasteiger partial charge in [0.1, 0.15) is 5.75 Å². The molecule has 2 nitrogen and oxygen atoms in total. The van der Waals surface area contributed by atoms with Gasteiger partial charge in [0.25, 0.3) is 0 Å². The minimum atomic E-state index is 0.868. The van der Waals surface area contributed by atoms with Crippen LogP contribution in [0.5, 0.6) is 5.75 Å². The highest BCUT2D eigenvalue weighted by Crippen LogP contribution is 2.15. The van der Waals surface area contributed by atoms with E-state index in [4.69, 9.17) is 4.74 Å². The van der Waals surface area contributed by atoms with Gasteiger partial charge in [0.15, 0.2) is 0 Å². The average Bonchev–Trinajstić information content (AvgIpc) is 2.28. The van der Waals surface area contributed by atoms with Gasteiger partial charge in [-0.05, 0) is 49.2 Å². The summed E-state index contributed by atoms with van der Waals surface area (Å²) >= 11 is 0. The molecule has 0 radical (unpaired) electrons. The van der Waals surface area contributed by atoms with E-state index in [-0.39, 0.29) is 0 Å². The highest BCUT2D eigenvalue weighted by molar-refractivity contribution is 5.31. The van der Waals surface area contributed by atoms with Gasteiger partial charge in [-0.1, -0.05) is 12.1 Å². The van der Waals surface area contributed by atoms with Crippen molar-refractivity contribution in [1.29, 1.82) is 0 Å². The SMILES string of the molecule is COc1ccc(Cc2cc(C)cc(C)n2)cc1. The van der Waals surface area contributed by atoms with E-state index in [1.807, 2.05) is 19.1 Å². The molecular formula is C15H17NO. The minimum absolute atomic E-state index is 0.868. The van der Waals surface area contributed by atoms with Gasteiger partial charge in [0.2, 0.25) is 0 Å². The zero-order chi connectivity index (χ0) is 12.3. The lowest BCUT2D eigenvalue weighted by Crippen LogP contribution is -1.95. The van der Waals surface area contributed by atoms with Gasteiger partial charge < -0.3 is 4.74 Å². The predicted molar refractivity (Wildman–Crippen MR) is 69.5 cm³/mol. The summed E-state index contributed by atoms with van der Waals surface area (Å²) in [6.07, 6.45) is 0.868. The zero-order valence-corrected chi connectivity index (χ0v) is 10.5. The van der Waals surface area contributed by atoms with Crippen molar-refractivity contribution < 1.29 is 4.74 Å². The van der Waals surface area contributed by atoms with Crippen LogP contribution in [-0.4, -0.2) is 12.1 Å². The highest BCUT2D eigenvalue weighted by atomic mass is 16.5. The number of aryl methyl sites for hydroxylation is 2. The van der Waals surface area contributed by atoms with Crippen LogP contribution in [0.2, 0.25) is 0 Å². The molecule has 1 aromatic carbocycles. The Balaban J connectivity index is 2.19. The second-order valence-corrected chi connectivity index (χ2v) is 4.30. The largest absolute Gasteiger partial charge is 0.497 e. The van der Waals surface area contributed by atoms with Gasteiger partial charge in [-0.3, -0.25) is 4.98 Å². The molecule has 17 heavy (non-hydrogen) atoms. The summed E-state index contributed by atoms with van der Waals surface area (Å²) in [6.45, 7) is 4.14. The Morgan fingerprint density at radius 3 is 2.35 bits per heavy atom. The molecule has 0 atom stereocenters. The van der Waals surface area contributed by atoms with Gasteiger partial charge in [0, 0.05) is 17.8 Å². The molecule has 0 fully saturated rings. The second-order valence-electron chi connectivity index (χ2n) is 4.30. The Morgan fingerprint density at radius 1 is 1.06 bits per heavy atom. The lowest BCUT2D eigenvalue weighted by Gasteiger charge is -2.05. The van der Waals surface area contributed by atoms with Crippen molar-refractivity contribution in [3.8, 4) is 5.75 Å². The minimum Gasteiger partial charge on any atom is -0.497 e. The molecule has 0 aliphatic rings. The molecule has 0 aliphatic heterocycles. The smallest absolute Gasteiger partial charge is 0.118 e. The maximum atomic E-state index is 5.14. The summed E-state index contributed by atoms with van der Waals surface area (Å²) in [5.74, 6) is 0.891. The molecule has 0 spiro atoms. The van der Waals surface area contributed by atoms with E-state index in [0.717, 1.165) is 23.6 Å². The van der Waals surface area contributed by atoms with Crippen LogP contribution >= 0.6 is 0 Å². The number of hydrogen-bond donors (Lipinski definition) is 0. The Labute approximate surface area is 102 Å². The van der Waals surface area contributed by atoms with E-state index in [1.165, 1.54) is 11.1 Å². The fourth-order valence-corrected chi connectivity index (χ4v) is 1.97. The molecule has 2 aromatic rings. The molecule has 0 unspecified atom stereocenters. The van der Waals surface area contributed by atoms with Crippen molar-refractivity contribution in [2.75, 3.05) is 7.11 Å².